The van der Waals surface area contributed by atoms with E-state index in [1.807, 2.05) is 0 Å². The molecule has 0 radical (unpaired) electrons. The molecule has 5 heteroatoms. The molecule has 1 saturated heterocycles. The molecule has 2 N–H and O–H groups in total. The van der Waals surface area contributed by atoms with E-state index in [4.69, 9.17) is 0 Å². The molecule has 1 aliphatic heterocycles. The van der Waals surface area contributed by atoms with Crippen molar-refractivity contribution in [2.24, 2.45) is 0 Å². The zero-order valence-electron chi connectivity index (χ0n) is 10.9. The van der Waals surface area contributed by atoms with E-state index >= 15 is 0 Å². The third-order valence-corrected chi connectivity index (χ3v) is 3.59. The Balaban J connectivity index is 2.13. The zero-order valence-corrected chi connectivity index (χ0v) is 10.9. The van der Waals surface area contributed by atoms with Crippen molar-refractivity contribution in [1.29, 1.82) is 0 Å². The summed E-state index contributed by atoms with van der Waals surface area (Å²) in [4.78, 5) is 24.7. The van der Waals surface area contributed by atoms with Gasteiger partial charge >= 0.3 is 6.03 Å². The molecule has 0 aromatic heterocycles. The number of hydrogen-bond acceptors (Lipinski definition) is 3. The first-order valence-corrected chi connectivity index (χ1v) is 6.40. The van der Waals surface area contributed by atoms with Gasteiger partial charge in [0.25, 0.3) is 0 Å². The SMILES string of the molecule is Cc1c(C=O)cccc1NC(=O)N1CCCC1CO. The maximum atomic E-state index is 12.2. The maximum Gasteiger partial charge on any atom is 0.322 e. The molecule has 0 bridgehead atoms. The monoisotopic (exact) mass is 262 g/mol. The molecule has 0 saturated carbocycles. The van der Waals surface area contributed by atoms with Gasteiger partial charge in [0.2, 0.25) is 0 Å². The first-order chi connectivity index (χ1) is 9.17. The number of nitrogens with zero attached hydrogens (tertiary/aromatic N) is 1. The van der Waals surface area contributed by atoms with Gasteiger partial charge in [-0.1, -0.05) is 12.1 Å². The van der Waals surface area contributed by atoms with E-state index in [2.05, 4.69) is 5.32 Å². The molecular weight excluding hydrogens is 244 g/mol. The summed E-state index contributed by atoms with van der Waals surface area (Å²) in [5.74, 6) is 0. The van der Waals surface area contributed by atoms with Gasteiger partial charge in [-0.15, -0.1) is 0 Å². The highest BCUT2D eigenvalue weighted by Gasteiger charge is 2.28. The minimum absolute atomic E-state index is 0.0131. The largest absolute Gasteiger partial charge is 0.394 e. The van der Waals surface area contributed by atoms with Gasteiger partial charge in [-0.3, -0.25) is 4.79 Å². The van der Waals surface area contributed by atoms with Crippen LogP contribution in [-0.2, 0) is 0 Å². The molecule has 0 aliphatic carbocycles. The molecule has 19 heavy (non-hydrogen) atoms. The van der Waals surface area contributed by atoms with E-state index < -0.39 is 0 Å². The molecule has 1 unspecified atom stereocenters. The van der Waals surface area contributed by atoms with Gasteiger partial charge in [-0.25, -0.2) is 4.79 Å². The molecule has 2 amide bonds. The molecule has 0 spiro atoms. The van der Waals surface area contributed by atoms with E-state index in [1.54, 1.807) is 30.0 Å². The van der Waals surface area contributed by atoms with Crippen LogP contribution in [-0.4, -0.2) is 41.5 Å². The third-order valence-electron chi connectivity index (χ3n) is 3.59. The molecule has 1 aliphatic rings. The average Bonchev–Trinajstić information content (AvgIpc) is 2.89. The van der Waals surface area contributed by atoms with Gasteiger partial charge < -0.3 is 15.3 Å². The van der Waals surface area contributed by atoms with Crippen molar-refractivity contribution in [1.82, 2.24) is 4.90 Å². The van der Waals surface area contributed by atoms with Crippen molar-refractivity contribution < 1.29 is 14.7 Å². The lowest BCUT2D eigenvalue weighted by Gasteiger charge is -2.24. The molecule has 1 aromatic carbocycles. The highest BCUT2D eigenvalue weighted by molar-refractivity contribution is 5.92. The molecule has 5 nitrogen and oxygen atoms in total. The van der Waals surface area contributed by atoms with Crippen LogP contribution in [0.15, 0.2) is 18.2 Å². The predicted molar refractivity (Wildman–Crippen MR) is 72.4 cm³/mol. The van der Waals surface area contributed by atoms with Crippen molar-refractivity contribution >= 4 is 18.0 Å². The number of aliphatic hydroxyl groups excluding tert-OH is 1. The Hall–Kier alpha value is -1.88. The van der Waals surface area contributed by atoms with E-state index in [-0.39, 0.29) is 18.7 Å². The summed E-state index contributed by atoms with van der Waals surface area (Å²) in [6.07, 6.45) is 2.51. The van der Waals surface area contributed by atoms with E-state index in [0.717, 1.165) is 24.7 Å². The van der Waals surface area contributed by atoms with Crippen LogP contribution in [0.2, 0.25) is 0 Å². The number of rotatable bonds is 3. The highest BCUT2D eigenvalue weighted by Crippen LogP contribution is 2.21. The smallest absolute Gasteiger partial charge is 0.322 e. The molecule has 1 atom stereocenters. The van der Waals surface area contributed by atoms with Crippen LogP contribution in [0.3, 0.4) is 0 Å². The maximum absolute atomic E-state index is 12.2. The normalized spacial score (nSPS) is 18.4. The highest BCUT2D eigenvalue weighted by atomic mass is 16.3. The Morgan fingerprint density at radius 2 is 2.37 bits per heavy atom. The molecular formula is C14H18N2O3. The van der Waals surface area contributed by atoms with E-state index in [9.17, 15) is 14.7 Å². The van der Waals surface area contributed by atoms with Crippen LogP contribution >= 0.6 is 0 Å². The van der Waals surface area contributed by atoms with Crippen molar-refractivity contribution in [3.05, 3.63) is 29.3 Å². The van der Waals surface area contributed by atoms with Crippen LogP contribution in [0, 0.1) is 6.92 Å². The third kappa shape index (κ3) is 2.76. The summed E-state index contributed by atoms with van der Waals surface area (Å²) >= 11 is 0. The molecule has 1 heterocycles. The fourth-order valence-corrected chi connectivity index (χ4v) is 2.40. The Morgan fingerprint density at radius 3 is 3.05 bits per heavy atom. The number of amides is 2. The Kier molecular flexibility index (Phi) is 4.16. The number of anilines is 1. The van der Waals surface area contributed by atoms with Crippen molar-refractivity contribution in [2.75, 3.05) is 18.5 Å². The second-order valence-electron chi connectivity index (χ2n) is 4.74. The minimum atomic E-state index is -0.220. The first-order valence-electron chi connectivity index (χ1n) is 6.40. The lowest BCUT2D eigenvalue weighted by Crippen LogP contribution is -2.40. The van der Waals surface area contributed by atoms with E-state index in [1.165, 1.54) is 0 Å². The molecule has 1 fully saturated rings. The minimum Gasteiger partial charge on any atom is -0.394 e. The molecule has 102 valence electrons. The number of aliphatic hydroxyl groups is 1. The summed E-state index contributed by atoms with van der Waals surface area (Å²) in [7, 11) is 0. The van der Waals surface area contributed by atoms with Gasteiger partial charge in [0, 0.05) is 17.8 Å². The van der Waals surface area contributed by atoms with Crippen LogP contribution in [0.25, 0.3) is 0 Å². The number of nitrogens with one attached hydrogen (secondary N) is 1. The number of hydrogen-bond donors (Lipinski definition) is 2. The lowest BCUT2D eigenvalue weighted by atomic mass is 10.1. The first kappa shape index (κ1) is 13.5. The predicted octanol–water partition coefficient (Wildman–Crippen LogP) is 1.80. The van der Waals surface area contributed by atoms with Crippen molar-refractivity contribution in [2.45, 2.75) is 25.8 Å². The van der Waals surface area contributed by atoms with E-state index in [0.29, 0.717) is 17.8 Å². The number of likely N-dealkylation sites (tertiary alicyclic amines) is 1. The second kappa shape index (κ2) is 5.84. The number of urea groups is 1. The number of benzene rings is 1. The van der Waals surface area contributed by atoms with Crippen LogP contribution in [0.4, 0.5) is 10.5 Å². The standard InChI is InChI=1S/C14H18N2O3/c1-10-11(8-17)4-2-6-13(10)15-14(19)16-7-3-5-12(16)9-18/h2,4,6,8,12,18H,3,5,7,9H2,1H3,(H,15,19). The fourth-order valence-electron chi connectivity index (χ4n) is 2.40. The van der Waals surface area contributed by atoms with Crippen LogP contribution in [0.1, 0.15) is 28.8 Å². The van der Waals surface area contributed by atoms with Crippen molar-refractivity contribution in [3.63, 3.8) is 0 Å². The number of aldehydes is 1. The topological polar surface area (TPSA) is 69.6 Å². The summed E-state index contributed by atoms with van der Waals surface area (Å²) in [5, 5.41) is 12.0. The summed E-state index contributed by atoms with van der Waals surface area (Å²) in [5.41, 5.74) is 1.96. The average molecular weight is 262 g/mol. The Labute approximate surface area is 112 Å². The van der Waals surface area contributed by atoms with Gasteiger partial charge in [0.05, 0.1) is 12.6 Å². The summed E-state index contributed by atoms with van der Waals surface area (Å²) in [6.45, 7) is 2.44. The van der Waals surface area contributed by atoms with Gasteiger partial charge in [0.15, 0.2) is 0 Å². The Bertz CT molecular complexity index is 488. The zero-order chi connectivity index (χ0) is 13.8. The summed E-state index contributed by atoms with van der Waals surface area (Å²) < 4.78 is 0. The van der Waals surface area contributed by atoms with Crippen LogP contribution in [0.5, 0.6) is 0 Å². The van der Waals surface area contributed by atoms with Crippen molar-refractivity contribution in [3.8, 4) is 0 Å². The fraction of sp³-hybridized carbons (Fsp3) is 0.429. The molecule has 1 aromatic rings. The van der Waals surface area contributed by atoms with Gasteiger partial charge in [-0.05, 0) is 31.4 Å². The Morgan fingerprint density at radius 1 is 1.58 bits per heavy atom. The lowest BCUT2D eigenvalue weighted by molar-refractivity contribution is 0.112. The van der Waals surface area contributed by atoms with Gasteiger partial charge in [0.1, 0.15) is 6.29 Å². The number of carbonyl (C=O) groups excluding carboxylic acids is 2. The quantitative estimate of drug-likeness (QED) is 0.816. The summed E-state index contributed by atoms with van der Waals surface area (Å²) in [6, 6.07) is 4.89. The number of carbonyl (C=O) groups is 2. The second-order valence-corrected chi connectivity index (χ2v) is 4.74. The molecule has 2 rings (SSSR count). The van der Waals surface area contributed by atoms with Crippen LogP contribution < -0.4 is 5.32 Å². The van der Waals surface area contributed by atoms with Gasteiger partial charge in [-0.2, -0.15) is 0 Å².